The monoisotopic (exact) mass is 438 g/mol. The zero-order valence-corrected chi connectivity index (χ0v) is 17.7. The van der Waals surface area contributed by atoms with E-state index in [4.69, 9.17) is 13.9 Å². The van der Waals surface area contributed by atoms with Crippen LogP contribution in [0, 0.1) is 0 Å². The summed E-state index contributed by atoms with van der Waals surface area (Å²) in [7, 11) is 0. The minimum atomic E-state index is -0.125. The Kier molecular flexibility index (Phi) is 5.77. The lowest BCUT2D eigenvalue weighted by atomic mass is 10.2. The van der Waals surface area contributed by atoms with E-state index in [0.717, 1.165) is 17.8 Å². The number of benzene rings is 2. The van der Waals surface area contributed by atoms with E-state index in [-0.39, 0.29) is 18.5 Å². The predicted octanol–water partition coefficient (Wildman–Crippen LogP) is 3.79. The molecule has 0 aliphatic carbocycles. The number of likely N-dealkylation sites (tertiary alicyclic amines) is 1. The highest BCUT2D eigenvalue weighted by Crippen LogP contribution is 2.36. The van der Waals surface area contributed by atoms with Crippen LogP contribution < -0.4 is 14.8 Å². The SMILES string of the molecule is O=C(CSc1nnc(-c2ccc3c(c2)OCO3)o1)Nc1ccc(CN2CCCC2)cc1. The number of nitrogens with zero attached hydrogens (tertiary/aromatic N) is 3. The van der Waals surface area contributed by atoms with Gasteiger partial charge < -0.3 is 19.2 Å². The molecule has 2 aromatic carbocycles. The smallest absolute Gasteiger partial charge is 0.277 e. The fourth-order valence-electron chi connectivity index (χ4n) is 3.63. The molecular formula is C22H22N4O4S. The van der Waals surface area contributed by atoms with Crippen molar-refractivity contribution in [1.29, 1.82) is 0 Å². The van der Waals surface area contributed by atoms with E-state index in [1.54, 1.807) is 12.1 Å². The first-order valence-corrected chi connectivity index (χ1v) is 11.2. The van der Waals surface area contributed by atoms with Gasteiger partial charge in [0, 0.05) is 17.8 Å². The van der Waals surface area contributed by atoms with Gasteiger partial charge in [0.2, 0.25) is 18.6 Å². The zero-order valence-electron chi connectivity index (χ0n) is 16.9. The van der Waals surface area contributed by atoms with Gasteiger partial charge in [0.15, 0.2) is 11.5 Å². The Morgan fingerprint density at radius 3 is 2.68 bits per heavy atom. The van der Waals surface area contributed by atoms with Crippen molar-refractivity contribution in [1.82, 2.24) is 15.1 Å². The topological polar surface area (TPSA) is 89.7 Å². The average molecular weight is 439 g/mol. The standard InChI is InChI=1S/C22H22N4O4S/c27-20(23-17-6-3-15(4-7-17)12-26-9-1-2-10-26)13-31-22-25-24-21(30-22)16-5-8-18-19(11-16)29-14-28-18/h3-8,11H,1-2,9-10,12-14H2,(H,23,27). The van der Waals surface area contributed by atoms with Crippen LogP contribution in [0.4, 0.5) is 5.69 Å². The molecule has 31 heavy (non-hydrogen) atoms. The molecule has 0 radical (unpaired) electrons. The summed E-state index contributed by atoms with van der Waals surface area (Å²) in [5.41, 5.74) is 2.78. The summed E-state index contributed by atoms with van der Waals surface area (Å²) in [6.07, 6.45) is 2.56. The molecule has 1 aromatic heterocycles. The molecular weight excluding hydrogens is 416 g/mol. The molecule has 8 nitrogen and oxygen atoms in total. The second-order valence-electron chi connectivity index (χ2n) is 7.46. The van der Waals surface area contributed by atoms with E-state index in [9.17, 15) is 4.79 Å². The Hall–Kier alpha value is -3.04. The second-order valence-corrected chi connectivity index (χ2v) is 8.38. The van der Waals surface area contributed by atoms with E-state index in [1.807, 2.05) is 18.2 Å². The van der Waals surface area contributed by atoms with E-state index in [2.05, 4.69) is 32.5 Å². The van der Waals surface area contributed by atoms with Crippen molar-refractivity contribution >= 4 is 23.4 Å². The summed E-state index contributed by atoms with van der Waals surface area (Å²) in [5.74, 6) is 1.77. The van der Waals surface area contributed by atoms with Gasteiger partial charge in [-0.15, -0.1) is 10.2 Å². The molecule has 160 valence electrons. The second kappa shape index (κ2) is 8.99. The maximum Gasteiger partial charge on any atom is 0.277 e. The average Bonchev–Trinajstić information content (AvgIpc) is 3.55. The molecule has 2 aliphatic rings. The number of anilines is 1. The zero-order chi connectivity index (χ0) is 21.0. The number of hydrogen-bond acceptors (Lipinski definition) is 8. The van der Waals surface area contributed by atoms with Crippen LogP contribution in [-0.2, 0) is 11.3 Å². The van der Waals surface area contributed by atoms with Gasteiger partial charge in [-0.1, -0.05) is 23.9 Å². The number of nitrogens with one attached hydrogen (secondary N) is 1. The van der Waals surface area contributed by atoms with Crippen LogP contribution in [0.15, 0.2) is 52.1 Å². The van der Waals surface area contributed by atoms with Gasteiger partial charge in [-0.2, -0.15) is 0 Å². The number of rotatable bonds is 7. The summed E-state index contributed by atoms with van der Waals surface area (Å²) >= 11 is 1.20. The molecule has 1 amide bonds. The number of fused-ring (bicyclic) bond motifs is 1. The molecule has 0 bridgehead atoms. The Morgan fingerprint density at radius 2 is 1.84 bits per heavy atom. The van der Waals surface area contributed by atoms with Crippen molar-refractivity contribution in [3.8, 4) is 23.0 Å². The van der Waals surface area contributed by atoms with Crippen LogP contribution in [0.5, 0.6) is 11.5 Å². The molecule has 0 saturated carbocycles. The number of hydrogen-bond donors (Lipinski definition) is 1. The third kappa shape index (κ3) is 4.83. The Balaban J connectivity index is 1.12. The number of aromatic nitrogens is 2. The van der Waals surface area contributed by atoms with Crippen LogP contribution in [0.25, 0.3) is 11.5 Å². The lowest BCUT2D eigenvalue weighted by Gasteiger charge is -2.14. The Labute approximate surface area is 183 Å². The molecule has 0 unspecified atom stereocenters. The highest BCUT2D eigenvalue weighted by Gasteiger charge is 2.17. The number of carbonyl (C=O) groups is 1. The Bertz CT molecular complexity index is 1060. The normalized spacial score (nSPS) is 15.4. The van der Waals surface area contributed by atoms with E-state index in [0.29, 0.717) is 22.6 Å². The third-order valence-corrected chi connectivity index (χ3v) is 6.01. The van der Waals surface area contributed by atoms with Gasteiger partial charge in [0.05, 0.1) is 5.75 Å². The van der Waals surface area contributed by atoms with Gasteiger partial charge in [0.1, 0.15) is 0 Å². The molecule has 0 atom stereocenters. The van der Waals surface area contributed by atoms with Gasteiger partial charge in [-0.3, -0.25) is 9.69 Å². The van der Waals surface area contributed by atoms with E-state index >= 15 is 0 Å². The Morgan fingerprint density at radius 1 is 1.03 bits per heavy atom. The lowest BCUT2D eigenvalue weighted by molar-refractivity contribution is -0.113. The first kappa shape index (κ1) is 19.9. The van der Waals surface area contributed by atoms with Crippen LogP contribution in [0.3, 0.4) is 0 Å². The summed E-state index contributed by atoms with van der Waals surface area (Å²) in [4.78, 5) is 14.7. The summed E-state index contributed by atoms with van der Waals surface area (Å²) in [6, 6.07) is 13.4. The van der Waals surface area contributed by atoms with Gasteiger partial charge in [-0.25, -0.2) is 0 Å². The fraction of sp³-hybridized carbons (Fsp3) is 0.318. The molecule has 3 heterocycles. The number of thioether (sulfide) groups is 1. The maximum atomic E-state index is 12.3. The maximum absolute atomic E-state index is 12.3. The van der Waals surface area contributed by atoms with Crippen LogP contribution in [-0.4, -0.2) is 46.6 Å². The number of amides is 1. The van der Waals surface area contributed by atoms with Crippen LogP contribution >= 0.6 is 11.8 Å². The molecule has 5 rings (SSSR count). The summed E-state index contributed by atoms with van der Waals surface area (Å²) in [6.45, 7) is 3.51. The molecule has 2 aliphatic heterocycles. The quantitative estimate of drug-likeness (QED) is 0.557. The molecule has 3 aromatic rings. The van der Waals surface area contributed by atoms with Crippen molar-refractivity contribution in [3.63, 3.8) is 0 Å². The van der Waals surface area contributed by atoms with Crippen LogP contribution in [0.1, 0.15) is 18.4 Å². The molecule has 9 heteroatoms. The third-order valence-electron chi connectivity index (χ3n) is 5.20. The lowest BCUT2D eigenvalue weighted by Crippen LogP contribution is -2.18. The van der Waals surface area contributed by atoms with E-state index < -0.39 is 0 Å². The first-order valence-electron chi connectivity index (χ1n) is 10.2. The van der Waals surface area contributed by atoms with Crippen molar-refractivity contribution < 1.29 is 18.7 Å². The van der Waals surface area contributed by atoms with Crippen molar-refractivity contribution in [2.24, 2.45) is 0 Å². The van der Waals surface area contributed by atoms with Crippen LogP contribution in [0.2, 0.25) is 0 Å². The van der Waals surface area contributed by atoms with Crippen molar-refractivity contribution in [2.75, 3.05) is 31.0 Å². The highest BCUT2D eigenvalue weighted by molar-refractivity contribution is 7.99. The van der Waals surface area contributed by atoms with Gasteiger partial charge in [-0.05, 0) is 61.8 Å². The molecule has 1 saturated heterocycles. The molecule has 1 fully saturated rings. The molecule has 1 N–H and O–H groups in total. The number of ether oxygens (including phenoxy) is 2. The van der Waals surface area contributed by atoms with Gasteiger partial charge in [0.25, 0.3) is 5.22 Å². The minimum Gasteiger partial charge on any atom is -0.454 e. The fourth-order valence-corrected chi connectivity index (χ4v) is 4.19. The predicted molar refractivity (Wildman–Crippen MR) is 116 cm³/mol. The summed E-state index contributed by atoms with van der Waals surface area (Å²) in [5, 5.41) is 11.3. The highest BCUT2D eigenvalue weighted by atomic mass is 32.2. The summed E-state index contributed by atoms with van der Waals surface area (Å²) < 4.78 is 16.3. The first-order chi connectivity index (χ1) is 15.2. The largest absolute Gasteiger partial charge is 0.454 e. The van der Waals surface area contributed by atoms with E-state index in [1.165, 1.54) is 43.3 Å². The van der Waals surface area contributed by atoms with Crippen molar-refractivity contribution in [2.45, 2.75) is 24.6 Å². The minimum absolute atomic E-state index is 0.125. The number of carbonyl (C=O) groups excluding carboxylic acids is 1. The van der Waals surface area contributed by atoms with Gasteiger partial charge >= 0.3 is 0 Å². The molecule has 0 spiro atoms. The van der Waals surface area contributed by atoms with Crippen molar-refractivity contribution in [3.05, 3.63) is 48.0 Å².